The Balaban J connectivity index is 2.77. The molecular formula is C6H9NO5. The van der Waals surface area contributed by atoms with Crippen LogP contribution in [0.15, 0.2) is 0 Å². The van der Waals surface area contributed by atoms with Gasteiger partial charge in [0.05, 0.1) is 0 Å². The minimum absolute atomic E-state index is 0.169. The number of likely N-dealkylation sites (tertiary alicyclic amines) is 1. The molecule has 3 N–H and O–H groups in total. The van der Waals surface area contributed by atoms with Crippen molar-refractivity contribution in [2.75, 3.05) is 0 Å². The first-order chi connectivity index (χ1) is 5.54. The maximum atomic E-state index is 10.4. The molecule has 0 aliphatic carbocycles. The van der Waals surface area contributed by atoms with E-state index >= 15 is 0 Å². The van der Waals surface area contributed by atoms with Gasteiger partial charge in [0.1, 0.15) is 12.3 Å². The van der Waals surface area contributed by atoms with Gasteiger partial charge in [-0.3, -0.25) is 4.90 Å². The van der Waals surface area contributed by atoms with Crippen LogP contribution < -0.4 is 0 Å². The minimum Gasteiger partial charge on any atom is -0.480 e. The number of rotatable bonds is 1. The van der Waals surface area contributed by atoms with Crippen molar-refractivity contribution in [2.45, 2.75) is 25.1 Å². The van der Waals surface area contributed by atoms with Gasteiger partial charge in [-0.1, -0.05) is 0 Å². The molecule has 0 radical (unpaired) electrons. The third-order valence-corrected chi connectivity index (χ3v) is 1.86. The van der Waals surface area contributed by atoms with Crippen molar-refractivity contribution in [3.63, 3.8) is 0 Å². The van der Waals surface area contributed by atoms with Crippen LogP contribution in [0.2, 0.25) is 0 Å². The molecule has 1 aliphatic heterocycles. The summed E-state index contributed by atoms with van der Waals surface area (Å²) in [7, 11) is 0. The number of carbonyl (C=O) groups is 2. The van der Waals surface area contributed by atoms with Crippen LogP contribution in [0.5, 0.6) is 0 Å². The summed E-state index contributed by atoms with van der Waals surface area (Å²) in [6.07, 6.45) is -2.22. The Kier molecular flexibility index (Phi) is 2.18. The van der Waals surface area contributed by atoms with Crippen molar-refractivity contribution < 1.29 is 24.9 Å². The molecule has 1 heterocycles. The molecule has 0 aromatic heterocycles. The molecule has 68 valence electrons. The highest BCUT2D eigenvalue weighted by atomic mass is 16.4. The second kappa shape index (κ2) is 2.98. The topological polar surface area (TPSA) is 98.1 Å². The van der Waals surface area contributed by atoms with Crippen LogP contribution in [0, 0.1) is 0 Å². The first-order valence-corrected chi connectivity index (χ1v) is 3.46. The summed E-state index contributed by atoms with van der Waals surface area (Å²) in [5.41, 5.74) is 0. The average Bonchev–Trinajstić information content (AvgIpc) is 2.30. The predicted octanol–water partition coefficient (Wildman–Crippen LogP) is -0.468. The number of hydrogen-bond acceptors (Lipinski definition) is 3. The predicted molar refractivity (Wildman–Crippen MR) is 36.5 cm³/mol. The lowest BCUT2D eigenvalue weighted by Gasteiger charge is -2.20. The molecule has 6 heteroatoms. The number of amides is 1. The number of hydrogen-bond donors (Lipinski definition) is 3. The second-order valence-electron chi connectivity index (χ2n) is 2.60. The Labute approximate surface area is 68.0 Å². The average molecular weight is 175 g/mol. The summed E-state index contributed by atoms with van der Waals surface area (Å²) in [4.78, 5) is 21.4. The van der Waals surface area contributed by atoms with Gasteiger partial charge in [0.25, 0.3) is 0 Å². The second-order valence-corrected chi connectivity index (χ2v) is 2.60. The van der Waals surface area contributed by atoms with E-state index in [1.165, 1.54) is 0 Å². The van der Waals surface area contributed by atoms with Gasteiger partial charge in [-0.05, 0) is 12.8 Å². The van der Waals surface area contributed by atoms with Crippen LogP contribution in [0.1, 0.15) is 12.8 Å². The molecule has 0 saturated carbocycles. The van der Waals surface area contributed by atoms with E-state index in [0.29, 0.717) is 4.90 Å². The Morgan fingerprint density at radius 3 is 2.17 bits per heavy atom. The van der Waals surface area contributed by atoms with Gasteiger partial charge in [-0.25, -0.2) is 9.59 Å². The van der Waals surface area contributed by atoms with Crippen LogP contribution in [0.3, 0.4) is 0 Å². The molecule has 1 aliphatic rings. The number of aliphatic hydroxyl groups excluding tert-OH is 1. The van der Waals surface area contributed by atoms with E-state index in [2.05, 4.69) is 0 Å². The molecule has 1 fully saturated rings. The highest BCUT2D eigenvalue weighted by molar-refractivity contribution is 5.80. The van der Waals surface area contributed by atoms with Crippen LogP contribution in [0.4, 0.5) is 4.79 Å². The summed E-state index contributed by atoms with van der Waals surface area (Å²) >= 11 is 0. The largest absolute Gasteiger partial charge is 0.480 e. The quantitative estimate of drug-likeness (QED) is 0.500. The maximum Gasteiger partial charge on any atom is 0.410 e. The van der Waals surface area contributed by atoms with Crippen molar-refractivity contribution in [3.8, 4) is 0 Å². The Morgan fingerprint density at radius 1 is 1.25 bits per heavy atom. The maximum absolute atomic E-state index is 10.4. The highest BCUT2D eigenvalue weighted by Gasteiger charge is 2.40. The van der Waals surface area contributed by atoms with E-state index in [-0.39, 0.29) is 12.8 Å². The van der Waals surface area contributed by atoms with E-state index in [4.69, 9.17) is 15.3 Å². The molecular weight excluding hydrogens is 166 g/mol. The SMILES string of the molecule is O=C(O)[C@@H]1CCC(O)N1C(=O)O. The van der Waals surface area contributed by atoms with E-state index in [1.807, 2.05) is 0 Å². The molecule has 1 rings (SSSR count). The number of carboxylic acids is 1. The van der Waals surface area contributed by atoms with Gasteiger partial charge in [0, 0.05) is 0 Å². The third kappa shape index (κ3) is 1.33. The summed E-state index contributed by atoms with van der Waals surface area (Å²) in [5, 5.41) is 26.1. The first-order valence-electron chi connectivity index (χ1n) is 3.46. The van der Waals surface area contributed by atoms with Gasteiger partial charge >= 0.3 is 12.1 Å². The fourth-order valence-electron chi connectivity index (χ4n) is 1.30. The van der Waals surface area contributed by atoms with Crippen LogP contribution in [0.25, 0.3) is 0 Å². The van der Waals surface area contributed by atoms with Crippen molar-refractivity contribution in [1.82, 2.24) is 4.90 Å². The van der Waals surface area contributed by atoms with Crippen LogP contribution >= 0.6 is 0 Å². The minimum atomic E-state index is -1.40. The Hall–Kier alpha value is -1.30. The molecule has 0 aromatic carbocycles. The zero-order valence-electron chi connectivity index (χ0n) is 6.17. The molecule has 1 saturated heterocycles. The van der Waals surface area contributed by atoms with Crippen molar-refractivity contribution in [1.29, 1.82) is 0 Å². The van der Waals surface area contributed by atoms with Gasteiger partial charge in [-0.2, -0.15) is 0 Å². The van der Waals surface area contributed by atoms with Crippen LogP contribution in [-0.4, -0.2) is 44.6 Å². The fourth-order valence-corrected chi connectivity index (χ4v) is 1.30. The Morgan fingerprint density at radius 2 is 1.83 bits per heavy atom. The number of carboxylic acid groups (broad SMARTS) is 2. The number of aliphatic carboxylic acids is 1. The molecule has 0 bridgehead atoms. The number of aliphatic hydroxyl groups is 1. The summed E-state index contributed by atoms with van der Waals surface area (Å²) in [6.45, 7) is 0. The van der Waals surface area contributed by atoms with Gasteiger partial charge in [0.2, 0.25) is 0 Å². The van der Waals surface area contributed by atoms with Gasteiger partial charge in [0.15, 0.2) is 0 Å². The normalized spacial score (nSPS) is 28.9. The third-order valence-electron chi connectivity index (χ3n) is 1.86. The van der Waals surface area contributed by atoms with Gasteiger partial charge in [-0.15, -0.1) is 0 Å². The zero-order chi connectivity index (χ0) is 9.30. The summed E-state index contributed by atoms with van der Waals surface area (Å²) in [6, 6.07) is -1.10. The zero-order valence-corrected chi connectivity index (χ0v) is 6.17. The van der Waals surface area contributed by atoms with Crippen molar-refractivity contribution in [2.24, 2.45) is 0 Å². The molecule has 12 heavy (non-hydrogen) atoms. The smallest absolute Gasteiger partial charge is 0.410 e. The monoisotopic (exact) mass is 175 g/mol. The van der Waals surface area contributed by atoms with E-state index in [1.54, 1.807) is 0 Å². The molecule has 1 amide bonds. The standard InChI is InChI=1S/C6H9NO5/c8-4-2-1-3(5(9)10)7(4)6(11)12/h3-4,8H,1-2H2,(H,9,10)(H,11,12)/t3-,4?/m0/s1. The molecule has 1 unspecified atom stereocenters. The lowest BCUT2D eigenvalue weighted by Crippen LogP contribution is -2.44. The van der Waals surface area contributed by atoms with Crippen molar-refractivity contribution in [3.05, 3.63) is 0 Å². The lowest BCUT2D eigenvalue weighted by molar-refractivity contribution is -0.143. The van der Waals surface area contributed by atoms with E-state index < -0.39 is 24.3 Å². The summed E-state index contributed by atoms with van der Waals surface area (Å²) < 4.78 is 0. The highest BCUT2D eigenvalue weighted by Crippen LogP contribution is 2.22. The molecule has 2 atom stereocenters. The molecule has 0 aromatic rings. The Bertz CT molecular complexity index is 216. The molecule has 6 nitrogen and oxygen atoms in total. The van der Waals surface area contributed by atoms with Gasteiger partial charge < -0.3 is 15.3 Å². The first kappa shape index (κ1) is 8.79. The van der Waals surface area contributed by atoms with Crippen LogP contribution in [-0.2, 0) is 4.79 Å². The summed E-state index contributed by atoms with van der Waals surface area (Å²) in [5.74, 6) is -1.21. The molecule has 0 spiro atoms. The lowest BCUT2D eigenvalue weighted by atomic mass is 10.2. The number of nitrogens with zero attached hydrogens (tertiary/aromatic N) is 1. The van der Waals surface area contributed by atoms with E-state index in [0.717, 1.165) is 0 Å². The fraction of sp³-hybridized carbons (Fsp3) is 0.667. The van der Waals surface area contributed by atoms with E-state index in [9.17, 15) is 9.59 Å². The van der Waals surface area contributed by atoms with Crippen molar-refractivity contribution >= 4 is 12.1 Å².